The van der Waals surface area contributed by atoms with Gasteiger partial charge in [-0.3, -0.25) is 4.40 Å². The fourth-order valence-electron chi connectivity index (χ4n) is 1.74. The zero-order valence-electron chi connectivity index (χ0n) is 10.2. The summed E-state index contributed by atoms with van der Waals surface area (Å²) in [5, 5.41) is 1.92. The van der Waals surface area contributed by atoms with Gasteiger partial charge in [-0.25, -0.2) is 14.2 Å². The second-order valence-corrected chi connectivity index (χ2v) is 5.01. The van der Waals surface area contributed by atoms with Gasteiger partial charge in [0, 0.05) is 17.8 Å². The molecule has 2 aromatic heterocycles. The Morgan fingerprint density at radius 3 is 3.10 bits per heavy atom. The van der Waals surface area contributed by atoms with Crippen molar-refractivity contribution < 1.29 is 13.9 Å². The number of nitrogens with two attached hydrogens (primary N) is 1. The molecule has 0 amide bonds. The molecule has 0 spiro atoms. The molecule has 0 fully saturated rings. The highest BCUT2D eigenvalue weighted by Crippen LogP contribution is 2.15. The van der Waals surface area contributed by atoms with Gasteiger partial charge in [0.25, 0.3) is 0 Å². The molecule has 3 aromatic rings. The van der Waals surface area contributed by atoms with Crippen LogP contribution in [-0.2, 0) is 11.3 Å². The molecule has 102 valence electrons. The van der Waals surface area contributed by atoms with Gasteiger partial charge in [0.1, 0.15) is 12.4 Å². The van der Waals surface area contributed by atoms with Crippen LogP contribution >= 0.6 is 11.3 Å². The zero-order chi connectivity index (χ0) is 14.1. The van der Waals surface area contributed by atoms with E-state index in [4.69, 9.17) is 10.5 Å². The lowest BCUT2D eigenvalue weighted by molar-refractivity contribution is 0.0468. The number of hydrogen-bond acceptors (Lipinski definition) is 5. The van der Waals surface area contributed by atoms with Gasteiger partial charge in [-0.05, 0) is 18.2 Å². The van der Waals surface area contributed by atoms with Gasteiger partial charge in [0.2, 0.25) is 0 Å². The van der Waals surface area contributed by atoms with Crippen molar-refractivity contribution in [3.8, 4) is 0 Å². The maximum absolute atomic E-state index is 13.0. The van der Waals surface area contributed by atoms with Crippen LogP contribution in [0.4, 0.5) is 10.1 Å². The number of thiazole rings is 1. The third-order valence-corrected chi connectivity index (χ3v) is 3.50. The van der Waals surface area contributed by atoms with E-state index >= 15 is 0 Å². The second kappa shape index (κ2) is 4.93. The number of fused-ring (bicyclic) bond motifs is 1. The Kier molecular flexibility index (Phi) is 3.11. The topological polar surface area (TPSA) is 69.6 Å². The summed E-state index contributed by atoms with van der Waals surface area (Å²) in [6, 6.07) is 3.72. The molecule has 0 aliphatic rings. The van der Waals surface area contributed by atoms with Crippen molar-refractivity contribution >= 4 is 28.0 Å². The highest BCUT2D eigenvalue weighted by Gasteiger charge is 2.11. The Balaban J connectivity index is 1.69. The van der Waals surface area contributed by atoms with Crippen molar-refractivity contribution in [1.29, 1.82) is 0 Å². The van der Waals surface area contributed by atoms with Crippen LogP contribution in [0.5, 0.6) is 0 Å². The number of nitrogen functional groups attached to an aromatic ring is 1. The normalized spacial score (nSPS) is 10.8. The molecule has 0 unspecified atom stereocenters. The number of anilines is 1. The molecule has 2 N–H and O–H groups in total. The Morgan fingerprint density at radius 1 is 1.50 bits per heavy atom. The van der Waals surface area contributed by atoms with E-state index in [9.17, 15) is 9.18 Å². The summed E-state index contributed by atoms with van der Waals surface area (Å²) in [5.41, 5.74) is 6.19. The van der Waals surface area contributed by atoms with Crippen LogP contribution in [-0.4, -0.2) is 15.4 Å². The number of esters is 1. The van der Waals surface area contributed by atoms with E-state index in [0.717, 1.165) is 11.0 Å². The number of carbonyl (C=O) groups is 1. The Bertz CT molecular complexity index is 752. The predicted octanol–water partition coefficient (Wildman–Crippen LogP) is 2.47. The fourth-order valence-corrected chi connectivity index (χ4v) is 2.46. The van der Waals surface area contributed by atoms with Crippen LogP contribution in [0.3, 0.4) is 0 Å². The van der Waals surface area contributed by atoms with Crippen molar-refractivity contribution in [3.05, 3.63) is 53.0 Å². The van der Waals surface area contributed by atoms with E-state index in [-0.39, 0.29) is 17.9 Å². The molecule has 0 aliphatic heterocycles. The molecule has 5 nitrogen and oxygen atoms in total. The van der Waals surface area contributed by atoms with Crippen molar-refractivity contribution in [3.63, 3.8) is 0 Å². The molecule has 7 heteroatoms. The highest BCUT2D eigenvalue weighted by atomic mass is 32.1. The maximum Gasteiger partial charge on any atom is 0.338 e. The van der Waals surface area contributed by atoms with Gasteiger partial charge in [-0.15, -0.1) is 11.3 Å². The molecule has 0 saturated carbocycles. The summed E-state index contributed by atoms with van der Waals surface area (Å²) in [7, 11) is 0. The number of ether oxygens (including phenoxy) is 1. The van der Waals surface area contributed by atoms with Crippen LogP contribution in [0.25, 0.3) is 4.96 Å². The van der Waals surface area contributed by atoms with Gasteiger partial charge >= 0.3 is 5.97 Å². The van der Waals surface area contributed by atoms with Gasteiger partial charge in [-0.2, -0.15) is 0 Å². The lowest BCUT2D eigenvalue weighted by Crippen LogP contribution is -2.06. The van der Waals surface area contributed by atoms with Crippen molar-refractivity contribution in [2.24, 2.45) is 0 Å². The number of aromatic nitrogens is 2. The third kappa shape index (κ3) is 2.35. The largest absolute Gasteiger partial charge is 0.456 e. The third-order valence-electron chi connectivity index (χ3n) is 2.73. The summed E-state index contributed by atoms with van der Waals surface area (Å²) in [4.78, 5) is 16.9. The van der Waals surface area contributed by atoms with Gasteiger partial charge in [-0.1, -0.05) is 0 Å². The summed E-state index contributed by atoms with van der Waals surface area (Å²) >= 11 is 1.50. The molecule has 0 aliphatic carbocycles. The fraction of sp³-hybridized carbons (Fsp3) is 0.0769. The van der Waals surface area contributed by atoms with Crippen molar-refractivity contribution in [1.82, 2.24) is 9.38 Å². The molecule has 0 saturated heterocycles. The first kappa shape index (κ1) is 12.6. The average Bonchev–Trinajstić information content (AvgIpc) is 3.00. The second-order valence-electron chi connectivity index (χ2n) is 4.14. The van der Waals surface area contributed by atoms with Crippen LogP contribution < -0.4 is 5.73 Å². The summed E-state index contributed by atoms with van der Waals surface area (Å²) in [5.74, 6) is -1.12. The van der Waals surface area contributed by atoms with Crippen LogP contribution in [0.15, 0.2) is 36.0 Å². The standard InChI is InChI=1S/C13H10FN3O2S/c14-10-2-1-8(5-11(10)15)12(18)19-7-9-6-17-3-4-20-13(17)16-9/h1-6H,7,15H2. The molecule has 0 atom stereocenters. The minimum atomic E-state index is -0.562. The molecular formula is C13H10FN3O2S. The van der Waals surface area contributed by atoms with Crippen molar-refractivity contribution in [2.75, 3.05) is 5.73 Å². The zero-order valence-corrected chi connectivity index (χ0v) is 11.1. The lowest BCUT2D eigenvalue weighted by atomic mass is 10.2. The Morgan fingerprint density at radius 2 is 2.35 bits per heavy atom. The number of imidazole rings is 1. The number of benzene rings is 1. The highest BCUT2D eigenvalue weighted by molar-refractivity contribution is 7.15. The van der Waals surface area contributed by atoms with E-state index in [2.05, 4.69) is 4.98 Å². The van der Waals surface area contributed by atoms with E-state index in [0.29, 0.717) is 5.69 Å². The van der Waals surface area contributed by atoms with E-state index in [1.165, 1.54) is 23.5 Å². The summed E-state index contributed by atoms with van der Waals surface area (Å²) < 4.78 is 20.0. The SMILES string of the molecule is Nc1cc(C(=O)OCc2cn3ccsc3n2)ccc1F. The summed E-state index contributed by atoms with van der Waals surface area (Å²) in [6.07, 6.45) is 3.66. The van der Waals surface area contributed by atoms with Crippen LogP contribution in [0, 0.1) is 5.82 Å². The predicted molar refractivity (Wildman–Crippen MR) is 73.0 cm³/mol. The van der Waals surface area contributed by atoms with E-state index < -0.39 is 11.8 Å². The van der Waals surface area contributed by atoms with Gasteiger partial charge in [0.05, 0.1) is 16.9 Å². The first-order valence-electron chi connectivity index (χ1n) is 5.77. The first-order valence-corrected chi connectivity index (χ1v) is 6.64. The van der Waals surface area contributed by atoms with Crippen LogP contribution in [0.1, 0.15) is 16.1 Å². The number of nitrogens with zero attached hydrogens (tertiary/aromatic N) is 2. The number of hydrogen-bond donors (Lipinski definition) is 1. The van der Waals surface area contributed by atoms with Gasteiger partial charge < -0.3 is 10.5 Å². The van der Waals surface area contributed by atoms with E-state index in [1.807, 2.05) is 16.0 Å². The quantitative estimate of drug-likeness (QED) is 0.594. The average molecular weight is 291 g/mol. The van der Waals surface area contributed by atoms with E-state index in [1.54, 1.807) is 6.20 Å². The number of carbonyl (C=O) groups excluding carboxylic acids is 1. The summed E-state index contributed by atoms with van der Waals surface area (Å²) in [6.45, 7) is 0.0600. The maximum atomic E-state index is 13.0. The number of rotatable bonds is 3. The molecule has 0 bridgehead atoms. The molecule has 2 heterocycles. The molecule has 0 radical (unpaired) electrons. The number of halogens is 1. The first-order chi connectivity index (χ1) is 9.63. The minimum absolute atomic E-state index is 0.0600. The molecular weight excluding hydrogens is 281 g/mol. The van der Waals surface area contributed by atoms with Crippen LogP contribution in [0.2, 0.25) is 0 Å². The smallest absolute Gasteiger partial charge is 0.338 e. The Labute approximate surface area is 117 Å². The lowest BCUT2D eigenvalue weighted by Gasteiger charge is -2.04. The minimum Gasteiger partial charge on any atom is -0.456 e. The Hall–Kier alpha value is -2.41. The molecule has 1 aromatic carbocycles. The monoisotopic (exact) mass is 291 g/mol. The van der Waals surface area contributed by atoms with Gasteiger partial charge in [0.15, 0.2) is 4.96 Å². The van der Waals surface area contributed by atoms with Crippen molar-refractivity contribution in [2.45, 2.75) is 6.61 Å². The molecule has 20 heavy (non-hydrogen) atoms. The molecule has 3 rings (SSSR count).